The summed E-state index contributed by atoms with van der Waals surface area (Å²) in [5.41, 5.74) is 9.45. The van der Waals surface area contributed by atoms with Gasteiger partial charge < -0.3 is 11.1 Å². The molecule has 1 fully saturated rings. The van der Waals surface area contributed by atoms with Gasteiger partial charge in [0, 0.05) is 12.2 Å². The Morgan fingerprint density at radius 2 is 2.11 bits per heavy atom. The largest absolute Gasteiger partial charge is 0.370 e. The van der Waals surface area contributed by atoms with Gasteiger partial charge in [-0.3, -0.25) is 4.99 Å². The number of aliphatic imine (C=N–C) groups is 1. The minimum atomic E-state index is 0.526. The summed E-state index contributed by atoms with van der Waals surface area (Å²) in [6.07, 6.45) is 5.32. The number of nitrogens with zero attached hydrogens (tertiary/aromatic N) is 1. The van der Waals surface area contributed by atoms with Crippen molar-refractivity contribution in [2.75, 3.05) is 11.9 Å². The van der Waals surface area contributed by atoms with Crippen LogP contribution < -0.4 is 11.1 Å². The van der Waals surface area contributed by atoms with Crippen molar-refractivity contribution in [1.82, 2.24) is 0 Å². The second-order valence-corrected chi connectivity index (χ2v) is 5.28. The van der Waals surface area contributed by atoms with Crippen LogP contribution in [0.25, 0.3) is 0 Å². The van der Waals surface area contributed by atoms with Crippen LogP contribution in [-0.4, -0.2) is 12.5 Å². The zero-order chi connectivity index (χ0) is 13.0. The molecule has 3 heteroatoms. The van der Waals surface area contributed by atoms with Crippen molar-refractivity contribution in [3.05, 3.63) is 29.3 Å². The fourth-order valence-corrected chi connectivity index (χ4v) is 2.16. The van der Waals surface area contributed by atoms with Gasteiger partial charge in [0.1, 0.15) is 0 Å². The fourth-order valence-electron chi connectivity index (χ4n) is 2.16. The number of aryl methyl sites for hydroxylation is 2. The number of guanidine groups is 1. The highest BCUT2D eigenvalue weighted by Crippen LogP contribution is 2.29. The summed E-state index contributed by atoms with van der Waals surface area (Å²) >= 11 is 0. The summed E-state index contributed by atoms with van der Waals surface area (Å²) in [5, 5.41) is 3.15. The lowest BCUT2D eigenvalue weighted by molar-refractivity contribution is 0.300. The first kappa shape index (κ1) is 12.9. The summed E-state index contributed by atoms with van der Waals surface area (Å²) in [5.74, 6) is 1.42. The third-order valence-corrected chi connectivity index (χ3v) is 3.82. The first-order valence-electron chi connectivity index (χ1n) is 6.79. The molecule has 1 aliphatic rings. The molecule has 1 aromatic rings. The SMILES string of the molecule is Cc1ccc(NC(N)=NCCC2CCC2)cc1C. The molecule has 0 radical (unpaired) electrons. The van der Waals surface area contributed by atoms with E-state index >= 15 is 0 Å². The third kappa shape index (κ3) is 3.49. The van der Waals surface area contributed by atoms with E-state index in [1.807, 2.05) is 6.07 Å². The van der Waals surface area contributed by atoms with Gasteiger partial charge in [0.15, 0.2) is 5.96 Å². The normalized spacial score (nSPS) is 16.4. The summed E-state index contributed by atoms with van der Waals surface area (Å²) in [6.45, 7) is 5.05. The second kappa shape index (κ2) is 5.89. The van der Waals surface area contributed by atoms with E-state index in [4.69, 9.17) is 5.73 Å². The summed E-state index contributed by atoms with van der Waals surface area (Å²) in [6, 6.07) is 6.24. The van der Waals surface area contributed by atoms with Crippen LogP contribution in [0.5, 0.6) is 0 Å². The highest BCUT2D eigenvalue weighted by atomic mass is 15.1. The van der Waals surface area contributed by atoms with Crippen LogP contribution >= 0.6 is 0 Å². The number of hydrogen-bond donors (Lipinski definition) is 2. The van der Waals surface area contributed by atoms with Crippen LogP contribution in [0.15, 0.2) is 23.2 Å². The van der Waals surface area contributed by atoms with Gasteiger partial charge >= 0.3 is 0 Å². The van der Waals surface area contributed by atoms with Crippen LogP contribution in [-0.2, 0) is 0 Å². The van der Waals surface area contributed by atoms with Gasteiger partial charge in [-0.25, -0.2) is 0 Å². The zero-order valence-electron chi connectivity index (χ0n) is 11.4. The smallest absolute Gasteiger partial charge is 0.193 e. The van der Waals surface area contributed by atoms with E-state index in [-0.39, 0.29) is 0 Å². The maximum absolute atomic E-state index is 5.88. The zero-order valence-corrected chi connectivity index (χ0v) is 11.4. The average Bonchev–Trinajstić information content (AvgIpc) is 2.27. The van der Waals surface area contributed by atoms with Gasteiger partial charge in [0.25, 0.3) is 0 Å². The molecule has 0 amide bonds. The summed E-state index contributed by atoms with van der Waals surface area (Å²) in [7, 11) is 0. The Morgan fingerprint density at radius 1 is 1.33 bits per heavy atom. The van der Waals surface area contributed by atoms with Gasteiger partial charge in [-0.2, -0.15) is 0 Å². The lowest BCUT2D eigenvalue weighted by Crippen LogP contribution is -2.23. The van der Waals surface area contributed by atoms with Crippen molar-refractivity contribution >= 4 is 11.6 Å². The molecular weight excluding hydrogens is 222 g/mol. The Kier molecular flexibility index (Phi) is 4.24. The summed E-state index contributed by atoms with van der Waals surface area (Å²) < 4.78 is 0. The maximum atomic E-state index is 5.88. The molecule has 0 atom stereocenters. The molecule has 2 rings (SSSR count). The van der Waals surface area contributed by atoms with E-state index in [1.54, 1.807) is 0 Å². The van der Waals surface area contributed by atoms with Gasteiger partial charge in [0.05, 0.1) is 0 Å². The lowest BCUT2D eigenvalue weighted by atomic mass is 9.83. The Hall–Kier alpha value is -1.51. The minimum absolute atomic E-state index is 0.526. The molecule has 3 N–H and O–H groups in total. The average molecular weight is 245 g/mol. The van der Waals surface area contributed by atoms with Crippen LogP contribution in [0.1, 0.15) is 36.8 Å². The molecule has 98 valence electrons. The van der Waals surface area contributed by atoms with Crippen molar-refractivity contribution in [1.29, 1.82) is 0 Å². The molecule has 0 heterocycles. The first-order chi connectivity index (χ1) is 8.65. The molecule has 0 saturated heterocycles. The van der Waals surface area contributed by atoms with E-state index in [2.05, 4.69) is 36.3 Å². The van der Waals surface area contributed by atoms with E-state index < -0.39 is 0 Å². The van der Waals surface area contributed by atoms with Crippen LogP contribution in [0.4, 0.5) is 5.69 Å². The maximum Gasteiger partial charge on any atom is 0.193 e. The second-order valence-electron chi connectivity index (χ2n) is 5.28. The van der Waals surface area contributed by atoms with E-state index in [9.17, 15) is 0 Å². The first-order valence-corrected chi connectivity index (χ1v) is 6.79. The van der Waals surface area contributed by atoms with Crippen LogP contribution in [0, 0.1) is 19.8 Å². The predicted octanol–water partition coefficient (Wildman–Crippen LogP) is 3.22. The van der Waals surface area contributed by atoms with Crippen molar-refractivity contribution in [3.63, 3.8) is 0 Å². The summed E-state index contributed by atoms with van der Waals surface area (Å²) in [4.78, 5) is 4.38. The molecule has 1 aliphatic carbocycles. The third-order valence-electron chi connectivity index (χ3n) is 3.82. The molecule has 1 aromatic carbocycles. The molecule has 18 heavy (non-hydrogen) atoms. The number of nitrogens with one attached hydrogen (secondary N) is 1. The van der Waals surface area contributed by atoms with Crippen molar-refractivity contribution in [2.24, 2.45) is 16.6 Å². The molecule has 0 aliphatic heterocycles. The predicted molar refractivity (Wildman–Crippen MR) is 78.0 cm³/mol. The van der Waals surface area contributed by atoms with Gasteiger partial charge in [-0.15, -0.1) is 0 Å². The van der Waals surface area contributed by atoms with E-state index in [0.29, 0.717) is 5.96 Å². The van der Waals surface area contributed by atoms with E-state index in [0.717, 1.165) is 18.2 Å². The molecule has 0 spiro atoms. The molecular formula is C15H23N3. The molecule has 0 bridgehead atoms. The monoisotopic (exact) mass is 245 g/mol. The molecule has 0 aromatic heterocycles. The quantitative estimate of drug-likeness (QED) is 0.632. The molecule has 3 nitrogen and oxygen atoms in total. The van der Waals surface area contributed by atoms with Crippen LogP contribution in [0.3, 0.4) is 0 Å². The van der Waals surface area contributed by atoms with Crippen molar-refractivity contribution < 1.29 is 0 Å². The number of hydrogen-bond acceptors (Lipinski definition) is 1. The Bertz CT molecular complexity index is 433. The number of rotatable bonds is 4. The van der Waals surface area contributed by atoms with Gasteiger partial charge in [-0.1, -0.05) is 25.3 Å². The Morgan fingerprint density at radius 3 is 2.72 bits per heavy atom. The van der Waals surface area contributed by atoms with Gasteiger partial charge in [-0.05, 0) is 49.4 Å². The Labute approximate surface area is 109 Å². The number of nitrogens with two attached hydrogens (primary N) is 1. The number of benzene rings is 1. The molecule has 0 unspecified atom stereocenters. The highest BCUT2D eigenvalue weighted by Gasteiger charge is 2.16. The fraction of sp³-hybridized carbons (Fsp3) is 0.533. The van der Waals surface area contributed by atoms with Gasteiger partial charge in [0.2, 0.25) is 0 Å². The lowest BCUT2D eigenvalue weighted by Gasteiger charge is -2.24. The Balaban J connectivity index is 1.83. The minimum Gasteiger partial charge on any atom is -0.370 e. The topological polar surface area (TPSA) is 50.4 Å². The highest BCUT2D eigenvalue weighted by molar-refractivity contribution is 5.92. The standard InChI is InChI=1S/C15H23N3/c1-11-6-7-14(10-12(11)2)18-15(16)17-9-8-13-4-3-5-13/h6-7,10,13H,3-5,8-9H2,1-2H3,(H3,16,17,18). The van der Waals surface area contributed by atoms with Crippen LogP contribution in [0.2, 0.25) is 0 Å². The van der Waals surface area contributed by atoms with E-state index in [1.165, 1.54) is 36.8 Å². The number of anilines is 1. The van der Waals surface area contributed by atoms with Crippen molar-refractivity contribution in [3.8, 4) is 0 Å². The van der Waals surface area contributed by atoms with Crippen molar-refractivity contribution in [2.45, 2.75) is 39.5 Å². The molecule has 1 saturated carbocycles.